The Balaban J connectivity index is 1.32. The van der Waals surface area contributed by atoms with Crippen LogP contribution in [0.25, 0.3) is 0 Å². The van der Waals surface area contributed by atoms with Crippen LogP contribution >= 0.6 is 0 Å². The first kappa shape index (κ1) is 19.2. The Morgan fingerprint density at radius 3 is 2.21 bits per heavy atom. The first-order chi connectivity index (χ1) is 14.3. The van der Waals surface area contributed by atoms with E-state index in [9.17, 15) is 4.79 Å². The summed E-state index contributed by atoms with van der Waals surface area (Å²) in [5, 5.41) is 2.94. The molecule has 29 heavy (non-hydrogen) atoms. The summed E-state index contributed by atoms with van der Waals surface area (Å²) in [5.74, 6) is 1.32. The number of anilines is 1. The van der Waals surface area contributed by atoms with Crippen molar-refractivity contribution in [1.29, 1.82) is 0 Å². The highest BCUT2D eigenvalue weighted by molar-refractivity contribution is 6.04. The molecule has 0 spiro atoms. The molecule has 1 saturated heterocycles. The zero-order chi connectivity index (χ0) is 19.9. The number of ether oxygens (including phenoxy) is 2. The summed E-state index contributed by atoms with van der Waals surface area (Å²) in [5.41, 5.74) is 2.60. The molecule has 0 saturated carbocycles. The number of nitrogens with zero attached hydrogens (tertiary/aromatic N) is 1. The summed E-state index contributed by atoms with van der Waals surface area (Å²) in [4.78, 5) is 14.9. The largest absolute Gasteiger partial charge is 0.457 e. The van der Waals surface area contributed by atoms with E-state index in [1.165, 1.54) is 5.56 Å². The molecule has 1 aliphatic rings. The fourth-order valence-electron chi connectivity index (χ4n) is 3.21. The van der Waals surface area contributed by atoms with Crippen LogP contribution in [0.2, 0.25) is 0 Å². The van der Waals surface area contributed by atoms with Gasteiger partial charge in [0.05, 0.1) is 13.2 Å². The summed E-state index contributed by atoms with van der Waals surface area (Å²) in [6, 6.07) is 24.7. The number of rotatable bonds is 6. The number of carbonyl (C=O) groups is 1. The molecule has 0 radical (unpaired) electrons. The summed E-state index contributed by atoms with van der Waals surface area (Å²) >= 11 is 0. The van der Waals surface area contributed by atoms with Gasteiger partial charge >= 0.3 is 0 Å². The van der Waals surface area contributed by atoms with Crippen LogP contribution in [0.5, 0.6) is 11.5 Å². The minimum atomic E-state index is -0.141. The molecule has 0 bridgehead atoms. The minimum Gasteiger partial charge on any atom is -0.457 e. The van der Waals surface area contributed by atoms with Crippen molar-refractivity contribution < 1.29 is 14.3 Å². The number of benzene rings is 3. The molecule has 0 aromatic heterocycles. The second kappa shape index (κ2) is 9.37. The Kier molecular flexibility index (Phi) is 6.19. The van der Waals surface area contributed by atoms with Gasteiger partial charge in [0.1, 0.15) is 11.5 Å². The number of nitrogens with one attached hydrogen (secondary N) is 1. The maximum atomic E-state index is 12.5. The standard InChI is InChI=1S/C24H24N2O3/c27-24(20-8-12-23(13-9-20)29-22-4-2-1-3-5-22)25-21-10-6-19(7-11-21)18-26-14-16-28-17-15-26/h1-13H,14-18H2,(H,25,27). The van der Waals surface area contributed by atoms with Gasteiger partial charge in [0.15, 0.2) is 0 Å². The lowest BCUT2D eigenvalue weighted by Gasteiger charge is -2.26. The average molecular weight is 388 g/mol. The topological polar surface area (TPSA) is 50.8 Å². The van der Waals surface area contributed by atoms with Gasteiger partial charge in [-0.05, 0) is 54.1 Å². The van der Waals surface area contributed by atoms with E-state index in [1.807, 2.05) is 42.5 Å². The fourth-order valence-corrected chi connectivity index (χ4v) is 3.21. The van der Waals surface area contributed by atoms with Gasteiger partial charge in [-0.1, -0.05) is 30.3 Å². The first-order valence-corrected chi connectivity index (χ1v) is 9.80. The normalized spacial score (nSPS) is 14.3. The van der Waals surface area contributed by atoms with Gasteiger partial charge in [0.2, 0.25) is 0 Å². The van der Waals surface area contributed by atoms with E-state index >= 15 is 0 Å². The minimum absolute atomic E-state index is 0.141. The molecular weight excluding hydrogens is 364 g/mol. The smallest absolute Gasteiger partial charge is 0.255 e. The van der Waals surface area contributed by atoms with E-state index in [2.05, 4.69) is 22.3 Å². The molecule has 3 aromatic carbocycles. The van der Waals surface area contributed by atoms with Crippen LogP contribution in [-0.2, 0) is 11.3 Å². The van der Waals surface area contributed by atoms with Gasteiger partial charge in [0.25, 0.3) is 5.91 Å². The van der Waals surface area contributed by atoms with Crippen molar-refractivity contribution in [3.63, 3.8) is 0 Å². The number of amides is 1. The summed E-state index contributed by atoms with van der Waals surface area (Å²) < 4.78 is 11.1. The van der Waals surface area contributed by atoms with Crippen molar-refractivity contribution in [2.75, 3.05) is 31.6 Å². The second-order valence-electron chi connectivity index (χ2n) is 6.98. The lowest BCUT2D eigenvalue weighted by Crippen LogP contribution is -2.35. The lowest BCUT2D eigenvalue weighted by molar-refractivity contribution is 0.0342. The number of carbonyl (C=O) groups excluding carboxylic acids is 1. The molecule has 0 unspecified atom stereocenters. The molecule has 5 heteroatoms. The van der Waals surface area contributed by atoms with Crippen LogP contribution in [0.4, 0.5) is 5.69 Å². The Bertz CT molecular complexity index is 919. The molecule has 1 amide bonds. The Morgan fingerprint density at radius 1 is 0.862 bits per heavy atom. The maximum Gasteiger partial charge on any atom is 0.255 e. The fraction of sp³-hybridized carbons (Fsp3) is 0.208. The third-order valence-electron chi connectivity index (χ3n) is 4.82. The molecule has 0 atom stereocenters. The quantitative estimate of drug-likeness (QED) is 0.672. The molecule has 148 valence electrons. The highest BCUT2D eigenvalue weighted by Crippen LogP contribution is 2.21. The number of para-hydroxylation sites is 1. The van der Waals surface area contributed by atoms with Gasteiger partial charge in [-0.3, -0.25) is 9.69 Å². The van der Waals surface area contributed by atoms with Gasteiger partial charge in [0, 0.05) is 30.9 Å². The van der Waals surface area contributed by atoms with Crippen molar-refractivity contribution >= 4 is 11.6 Å². The zero-order valence-corrected chi connectivity index (χ0v) is 16.2. The molecule has 1 fully saturated rings. The van der Waals surface area contributed by atoms with Gasteiger partial charge in [-0.2, -0.15) is 0 Å². The van der Waals surface area contributed by atoms with Crippen molar-refractivity contribution in [2.24, 2.45) is 0 Å². The van der Waals surface area contributed by atoms with Crippen molar-refractivity contribution in [3.8, 4) is 11.5 Å². The predicted molar refractivity (Wildman–Crippen MR) is 113 cm³/mol. The molecule has 4 rings (SSSR count). The second-order valence-corrected chi connectivity index (χ2v) is 6.98. The summed E-state index contributed by atoms with van der Waals surface area (Å²) in [7, 11) is 0. The molecule has 1 N–H and O–H groups in total. The van der Waals surface area contributed by atoms with E-state index in [1.54, 1.807) is 24.3 Å². The van der Waals surface area contributed by atoms with Gasteiger partial charge in [-0.25, -0.2) is 0 Å². The number of morpholine rings is 1. The monoisotopic (exact) mass is 388 g/mol. The van der Waals surface area contributed by atoms with Crippen LogP contribution in [-0.4, -0.2) is 37.1 Å². The third-order valence-corrected chi connectivity index (χ3v) is 4.82. The van der Waals surface area contributed by atoms with Crippen LogP contribution in [0, 0.1) is 0 Å². The predicted octanol–water partition coefficient (Wildman–Crippen LogP) is 4.56. The Labute approximate surface area is 170 Å². The third kappa shape index (κ3) is 5.44. The number of hydrogen-bond donors (Lipinski definition) is 1. The van der Waals surface area contributed by atoms with E-state index in [-0.39, 0.29) is 5.91 Å². The SMILES string of the molecule is O=C(Nc1ccc(CN2CCOCC2)cc1)c1ccc(Oc2ccccc2)cc1. The molecule has 1 aliphatic heterocycles. The maximum absolute atomic E-state index is 12.5. The van der Waals surface area contributed by atoms with Crippen LogP contribution in [0.1, 0.15) is 15.9 Å². The van der Waals surface area contributed by atoms with Crippen LogP contribution in [0.3, 0.4) is 0 Å². The molecular formula is C24H24N2O3. The number of hydrogen-bond acceptors (Lipinski definition) is 4. The first-order valence-electron chi connectivity index (χ1n) is 9.80. The molecule has 1 heterocycles. The van der Waals surface area contributed by atoms with E-state index in [0.717, 1.165) is 44.3 Å². The van der Waals surface area contributed by atoms with Gasteiger partial charge < -0.3 is 14.8 Å². The Hall–Kier alpha value is -3.15. The van der Waals surface area contributed by atoms with Crippen LogP contribution in [0.15, 0.2) is 78.9 Å². The molecule has 0 aliphatic carbocycles. The van der Waals surface area contributed by atoms with Crippen LogP contribution < -0.4 is 10.1 Å². The van der Waals surface area contributed by atoms with E-state index in [4.69, 9.17) is 9.47 Å². The van der Waals surface area contributed by atoms with Crippen molar-refractivity contribution in [3.05, 3.63) is 90.0 Å². The zero-order valence-electron chi connectivity index (χ0n) is 16.2. The molecule has 3 aromatic rings. The highest BCUT2D eigenvalue weighted by Gasteiger charge is 2.11. The average Bonchev–Trinajstić information content (AvgIpc) is 2.77. The lowest BCUT2D eigenvalue weighted by atomic mass is 10.1. The molecule has 5 nitrogen and oxygen atoms in total. The Morgan fingerprint density at radius 2 is 1.52 bits per heavy atom. The highest BCUT2D eigenvalue weighted by atomic mass is 16.5. The summed E-state index contributed by atoms with van der Waals surface area (Å²) in [6.45, 7) is 4.41. The summed E-state index contributed by atoms with van der Waals surface area (Å²) in [6.07, 6.45) is 0. The van der Waals surface area contributed by atoms with Crippen molar-refractivity contribution in [1.82, 2.24) is 4.90 Å². The van der Waals surface area contributed by atoms with Crippen molar-refractivity contribution in [2.45, 2.75) is 6.54 Å². The van der Waals surface area contributed by atoms with E-state index < -0.39 is 0 Å². The van der Waals surface area contributed by atoms with E-state index in [0.29, 0.717) is 11.3 Å². The van der Waals surface area contributed by atoms with Gasteiger partial charge in [-0.15, -0.1) is 0 Å².